The van der Waals surface area contributed by atoms with Gasteiger partial charge in [0.15, 0.2) is 11.5 Å². The van der Waals surface area contributed by atoms with Gasteiger partial charge in [0.1, 0.15) is 34.5 Å². The van der Waals surface area contributed by atoms with Crippen molar-refractivity contribution in [3.63, 3.8) is 0 Å². The second kappa shape index (κ2) is 23.3. The molecule has 2 bridgehead atoms. The number of hydrogen-bond donors (Lipinski definition) is 6. The lowest BCUT2D eigenvalue weighted by Crippen LogP contribution is -2.40. The Kier molecular flexibility index (Phi) is 19.9. The number of ketones is 1. The molecular formula is C47H70N4O9. The van der Waals surface area contributed by atoms with Crippen molar-refractivity contribution in [3.8, 4) is 30.1 Å². The number of terminal acetylenes is 1. The number of aliphatic hydroxyl groups is 2. The summed E-state index contributed by atoms with van der Waals surface area (Å²) in [5.41, 5.74) is 1.18. The normalized spacial score (nSPS) is 28.6. The van der Waals surface area contributed by atoms with E-state index in [9.17, 15) is 29.7 Å². The number of carbonyl (C=O) groups excluding carboxylic acids is 3. The molecule has 5 rings (SSSR count). The summed E-state index contributed by atoms with van der Waals surface area (Å²) >= 11 is 0. The van der Waals surface area contributed by atoms with Crippen molar-refractivity contribution in [1.29, 1.82) is 0 Å². The number of esters is 1. The van der Waals surface area contributed by atoms with E-state index in [0.29, 0.717) is 43.0 Å². The summed E-state index contributed by atoms with van der Waals surface area (Å²) in [4.78, 5) is 49.9. The number of aromatic hydroxyl groups is 2. The van der Waals surface area contributed by atoms with Gasteiger partial charge in [-0.25, -0.2) is 4.99 Å². The van der Waals surface area contributed by atoms with Gasteiger partial charge in [0, 0.05) is 61.4 Å². The first-order valence-corrected chi connectivity index (χ1v) is 20.8. The molecular weight excluding hydrogens is 765 g/mol. The fourth-order valence-corrected chi connectivity index (χ4v) is 8.67. The Morgan fingerprint density at radius 1 is 0.967 bits per heavy atom. The van der Waals surface area contributed by atoms with Gasteiger partial charge in [0.2, 0.25) is 0 Å². The Hall–Kier alpha value is -4.77. The monoisotopic (exact) mass is 835 g/mol. The molecule has 1 fully saturated rings. The van der Waals surface area contributed by atoms with Crippen LogP contribution < -0.4 is 26.1 Å². The maximum Gasteiger partial charge on any atom is 0.302 e. The molecule has 6 N–H and O–H groups in total. The van der Waals surface area contributed by atoms with Gasteiger partial charge in [-0.1, -0.05) is 53.3 Å². The second-order valence-corrected chi connectivity index (χ2v) is 16.2. The minimum Gasteiger partial charge on any atom is -0.507 e. The van der Waals surface area contributed by atoms with E-state index in [-0.39, 0.29) is 100 Å². The van der Waals surface area contributed by atoms with E-state index in [2.05, 4.69) is 35.4 Å². The average Bonchev–Trinajstić information content (AvgIpc) is 3.82. The van der Waals surface area contributed by atoms with Crippen molar-refractivity contribution in [2.75, 3.05) is 19.0 Å². The van der Waals surface area contributed by atoms with E-state index in [0.717, 1.165) is 20.0 Å². The Morgan fingerprint density at radius 2 is 1.63 bits per heavy atom. The van der Waals surface area contributed by atoms with Crippen LogP contribution in [0.4, 0.5) is 5.69 Å². The van der Waals surface area contributed by atoms with Gasteiger partial charge in [0.25, 0.3) is 5.91 Å². The first-order chi connectivity index (χ1) is 28.0. The molecule has 1 amide bonds. The SMILES string of the molecule is C.C#C.CCOc1c(C)c(O)c2c(O)c3c4c(c2c1C(=O)CCC[C@@H](C)[C@@H](OC(C)=O)[C@H](C)[C@H](O)[C@H](C)C[C@@H](C)/C=C/C=C(/C)C(=O)N=3)N[C@H](CC1CCC(C)N1)N=4.CO. The highest BCUT2D eigenvalue weighted by Gasteiger charge is 2.36. The molecule has 13 nitrogen and oxygen atoms in total. The molecule has 2 aromatic rings. The fourth-order valence-electron chi connectivity index (χ4n) is 8.67. The number of allylic oxidation sites excluding steroid dienone is 3. The molecule has 60 heavy (non-hydrogen) atoms. The molecule has 13 heteroatoms. The minimum absolute atomic E-state index is 0. The number of hydrogen-bond acceptors (Lipinski definition) is 12. The van der Waals surface area contributed by atoms with Crippen LogP contribution in [-0.2, 0) is 14.3 Å². The molecule has 3 aliphatic rings. The first-order valence-electron chi connectivity index (χ1n) is 20.8. The lowest BCUT2D eigenvalue weighted by atomic mass is 9.79. The number of amides is 1. The lowest BCUT2D eigenvalue weighted by molar-refractivity contribution is -0.156. The highest BCUT2D eigenvalue weighted by Crippen LogP contribution is 2.46. The van der Waals surface area contributed by atoms with Crippen LogP contribution in [-0.4, -0.2) is 82.3 Å². The van der Waals surface area contributed by atoms with Crippen LogP contribution in [0, 0.1) is 43.4 Å². The van der Waals surface area contributed by atoms with Gasteiger partial charge in [0.05, 0.1) is 29.3 Å². The zero-order chi connectivity index (χ0) is 44.3. The molecule has 3 aliphatic heterocycles. The smallest absolute Gasteiger partial charge is 0.302 e. The van der Waals surface area contributed by atoms with Crippen molar-refractivity contribution in [2.24, 2.45) is 33.7 Å². The largest absolute Gasteiger partial charge is 0.507 e. The molecule has 9 atom stereocenters. The van der Waals surface area contributed by atoms with E-state index in [1.54, 1.807) is 32.9 Å². The number of Topliss-reactive ketones (excluding diaryl/α,β-unsaturated/α-hetero) is 1. The van der Waals surface area contributed by atoms with Crippen LogP contribution in [0.3, 0.4) is 0 Å². The number of phenols is 2. The standard InChI is InChI=1S/C43H60N4O8.C2H2.CH4O.CH4/c1-10-54-42-27(8)39(51)34-33-32(42)30(49)16-12-14-22(3)41(55-28(9)48)26(7)38(50)24(5)19-21(2)13-11-15-23(4)43(53)47-37(40(34)52)36-35(33)45-31(46-36)20-29-18-17-25(6)44-29;2*1-2;/h11,13,15,21-22,24-26,29,31,38,41,44-45,50-52H,10,12,14,16-20H2,1-9H3;1-2H;2H,1H3;1H4/b13-11+,23-15-,47-37?;;;/t21-,22+,24+,25?,26+,29?,31-,38+,41+;;;/m0.../s1. The number of benzene rings is 2. The van der Waals surface area contributed by atoms with E-state index in [1.165, 1.54) is 6.92 Å². The maximum atomic E-state index is 14.6. The van der Waals surface area contributed by atoms with Gasteiger partial charge < -0.3 is 40.5 Å². The molecule has 1 saturated heterocycles. The Balaban J connectivity index is 0.00000241. The van der Waals surface area contributed by atoms with Gasteiger partial charge >= 0.3 is 5.97 Å². The third-order valence-electron chi connectivity index (χ3n) is 11.6. The van der Waals surface area contributed by atoms with Gasteiger partial charge in [-0.15, -0.1) is 12.8 Å². The minimum atomic E-state index is -0.756. The zero-order valence-corrected chi connectivity index (χ0v) is 36.5. The predicted molar refractivity (Wildman–Crippen MR) is 237 cm³/mol. The van der Waals surface area contributed by atoms with Crippen LogP contribution in [0.1, 0.15) is 124 Å². The number of anilines is 1. The molecule has 3 heterocycles. The molecule has 0 aromatic heterocycles. The van der Waals surface area contributed by atoms with Crippen molar-refractivity contribution >= 4 is 34.1 Å². The number of phenolic OH excluding ortho intramolecular Hbond substituents is 2. The van der Waals surface area contributed by atoms with Gasteiger partial charge in [-0.05, 0) is 77.6 Å². The Morgan fingerprint density at radius 3 is 2.23 bits per heavy atom. The van der Waals surface area contributed by atoms with Crippen molar-refractivity contribution in [3.05, 3.63) is 45.6 Å². The number of aliphatic hydroxyl groups excluding tert-OH is 2. The highest BCUT2D eigenvalue weighted by molar-refractivity contribution is 6.18. The Labute approximate surface area is 356 Å². The summed E-state index contributed by atoms with van der Waals surface area (Å²) in [6, 6.07) is 0.553. The van der Waals surface area contributed by atoms with E-state index in [1.807, 2.05) is 33.8 Å². The summed E-state index contributed by atoms with van der Waals surface area (Å²) in [5, 5.41) is 49.7. The third-order valence-corrected chi connectivity index (χ3v) is 11.6. The predicted octanol–water partition coefficient (Wildman–Crippen LogP) is 6.60. The molecule has 0 saturated carbocycles. The van der Waals surface area contributed by atoms with Crippen molar-refractivity contribution in [1.82, 2.24) is 5.32 Å². The molecule has 0 spiro atoms. The van der Waals surface area contributed by atoms with Crippen LogP contribution in [0.5, 0.6) is 17.2 Å². The molecule has 2 unspecified atom stereocenters. The number of nitrogens with zero attached hydrogens (tertiary/aromatic N) is 2. The van der Waals surface area contributed by atoms with Crippen LogP contribution >= 0.6 is 0 Å². The van der Waals surface area contributed by atoms with Crippen LogP contribution in [0.2, 0.25) is 0 Å². The van der Waals surface area contributed by atoms with Crippen LogP contribution in [0.25, 0.3) is 10.8 Å². The van der Waals surface area contributed by atoms with Crippen molar-refractivity contribution < 1.29 is 44.3 Å². The summed E-state index contributed by atoms with van der Waals surface area (Å²) in [5.74, 6) is -2.44. The van der Waals surface area contributed by atoms with E-state index >= 15 is 0 Å². The number of nitrogens with one attached hydrogen (secondary N) is 2. The maximum absolute atomic E-state index is 14.6. The number of carbonyl (C=O) groups is 3. The highest BCUT2D eigenvalue weighted by atomic mass is 16.5. The van der Waals surface area contributed by atoms with E-state index < -0.39 is 36.0 Å². The third kappa shape index (κ3) is 11.7. The second-order valence-electron chi connectivity index (χ2n) is 16.2. The van der Waals surface area contributed by atoms with Gasteiger partial charge in [-0.3, -0.25) is 19.4 Å². The molecule has 0 aliphatic carbocycles. The molecule has 0 radical (unpaired) electrons. The zero-order valence-electron chi connectivity index (χ0n) is 36.5. The first kappa shape index (κ1) is 51.4. The number of rotatable bonds is 5. The van der Waals surface area contributed by atoms with Crippen molar-refractivity contribution in [2.45, 2.75) is 145 Å². The number of ether oxygens (including phenoxy) is 2. The summed E-state index contributed by atoms with van der Waals surface area (Å²) in [6.45, 7) is 16.7. The Bertz CT molecular complexity index is 2040. The molecule has 332 valence electrons. The lowest BCUT2D eigenvalue weighted by Gasteiger charge is -2.35. The summed E-state index contributed by atoms with van der Waals surface area (Å²) in [7, 11) is 1.00. The average molecular weight is 835 g/mol. The topological polar surface area (TPSA) is 199 Å². The summed E-state index contributed by atoms with van der Waals surface area (Å²) in [6.07, 6.45) is 15.9. The quantitative estimate of drug-likeness (QED) is 0.108. The van der Waals surface area contributed by atoms with E-state index in [4.69, 9.17) is 19.6 Å². The van der Waals surface area contributed by atoms with Crippen LogP contribution in [0.15, 0.2) is 33.8 Å². The fraction of sp³-hybridized carbons (Fsp3) is 0.596. The molecule has 2 aromatic carbocycles. The van der Waals surface area contributed by atoms with Gasteiger partial charge in [-0.2, -0.15) is 0 Å². The summed E-state index contributed by atoms with van der Waals surface area (Å²) < 4.78 is 11.9.